The summed E-state index contributed by atoms with van der Waals surface area (Å²) in [6.45, 7) is 1.73. The predicted molar refractivity (Wildman–Crippen MR) is 134 cm³/mol. The summed E-state index contributed by atoms with van der Waals surface area (Å²) in [6.07, 6.45) is 5.12. The van der Waals surface area contributed by atoms with E-state index in [1.165, 1.54) is 17.4 Å². The Labute approximate surface area is 207 Å². The molecule has 9 heteroatoms. The van der Waals surface area contributed by atoms with Gasteiger partial charge in [0.15, 0.2) is 5.58 Å². The number of hydrogen-bond donors (Lipinski definition) is 2. The molecule has 0 spiro atoms. The molecule has 2 heterocycles. The number of aryl methyl sites for hydroxylation is 1. The van der Waals surface area contributed by atoms with Crippen molar-refractivity contribution in [2.24, 2.45) is 5.92 Å². The fraction of sp³-hybridized carbons (Fsp3) is 0.333. The maximum atomic E-state index is 12.6. The third-order valence-electron chi connectivity index (χ3n) is 6.60. The molecular weight excluding hydrogens is 460 g/mol. The predicted octanol–water partition coefficient (Wildman–Crippen LogP) is 4.39. The van der Waals surface area contributed by atoms with Crippen molar-refractivity contribution in [3.8, 4) is 11.5 Å². The van der Waals surface area contributed by atoms with Gasteiger partial charge in [0.2, 0.25) is 17.7 Å². The second kappa shape index (κ2) is 10.2. The number of hydrogen-bond acceptors (Lipinski definition) is 6. The third-order valence-corrected chi connectivity index (χ3v) is 6.60. The number of rotatable bonds is 8. The number of para-hydroxylation sites is 3. The minimum absolute atomic E-state index is 0.00729. The van der Waals surface area contributed by atoms with Gasteiger partial charge in [0, 0.05) is 6.42 Å². The lowest BCUT2D eigenvalue weighted by Crippen LogP contribution is -2.30. The van der Waals surface area contributed by atoms with Crippen LogP contribution in [0.1, 0.15) is 43.6 Å². The van der Waals surface area contributed by atoms with Crippen molar-refractivity contribution in [1.29, 1.82) is 0 Å². The van der Waals surface area contributed by atoms with E-state index in [-0.39, 0.29) is 24.9 Å². The SMILES string of the molecule is Cc1oc(-c2ccccc2NC(=O)CC2CCCC2)nc1CNC(=O)Cn1c(=O)oc2ccccc21. The van der Waals surface area contributed by atoms with E-state index in [9.17, 15) is 14.4 Å². The monoisotopic (exact) mass is 488 g/mol. The van der Waals surface area contributed by atoms with Gasteiger partial charge in [0.1, 0.15) is 18.0 Å². The van der Waals surface area contributed by atoms with Crippen LogP contribution in [0, 0.1) is 12.8 Å². The Morgan fingerprint density at radius 1 is 1.03 bits per heavy atom. The minimum atomic E-state index is -0.585. The van der Waals surface area contributed by atoms with Gasteiger partial charge in [-0.25, -0.2) is 9.78 Å². The maximum absolute atomic E-state index is 12.6. The highest BCUT2D eigenvalue weighted by molar-refractivity contribution is 5.94. The first-order chi connectivity index (χ1) is 17.5. The summed E-state index contributed by atoms with van der Waals surface area (Å²) < 4.78 is 12.4. The molecule has 2 aromatic heterocycles. The normalized spacial score (nSPS) is 13.8. The molecule has 0 saturated heterocycles. The molecule has 5 rings (SSSR count). The average Bonchev–Trinajstić information content (AvgIpc) is 3.58. The Morgan fingerprint density at radius 3 is 2.61 bits per heavy atom. The Hall–Kier alpha value is -4.14. The zero-order chi connectivity index (χ0) is 25.1. The number of nitrogens with one attached hydrogen (secondary N) is 2. The van der Waals surface area contributed by atoms with Crippen molar-refractivity contribution in [2.75, 3.05) is 5.32 Å². The van der Waals surface area contributed by atoms with E-state index < -0.39 is 5.76 Å². The van der Waals surface area contributed by atoms with Gasteiger partial charge in [-0.1, -0.05) is 37.1 Å². The number of benzene rings is 2. The molecule has 0 aliphatic heterocycles. The highest BCUT2D eigenvalue weighted by Gasteiger charge is 2.21. The maximum Gasteiger partial charge on any atom is 0.420 e. The lowest BCUT2D eigenvalue weighted by molar-refractivity contribution is -0.122. The van der Waals surface area contributed by atoms with E-state index in [1.807, 2.05) is 24.3 Å². The van der Waals surface area contributed by atoms with Crippen LogP contribution in [-0.4, -0.2) is 21.4 Å². The van der Waals surface area contributed by atoms with Crippen molar-refractivity contribution in [2.45, 2.75) is 52.1 Å². The van der Waals surface area contributed by atoms with Gasteiger partial charge in [-0.2, -0.15) is 0 Å². The molecule has 0 atom stereocenters. The van der Waals surface area contributed by atoms with Crippen molar-refractivity contribution in [3.05, 3.63) is 70.5 Å². The van der Waals surface area contributed by atoms with Crippen molar-refractivity contribution < 1.29 is 18.4 Å². The van der Waals surface area contributed by atoms with Crippen molar-refractivity contribution in [3.63, 3.8) is 0 Å². The van der Waals surface area contributed by atoms with E-state index in [0.717, 1.165) is 12.8 Å². The molecule has 0 unspecified atom stereocenters. The summed E-state index contributed by atoms with van der Waals surface area (Å²) in [4.78, 5) is 41.9. The molecule has 0 bridgehead atoms. The molecular formula is C27H28N4O5. The highest BCUT2D eigenvalue weighted by Crippen LogP contribution is 2.31. The first-order valence-corrected chi connectivity index (χ1v) is 12.2. The number of aromatic nitrogens is 2. The summed E-state index contributed by atoms with van der Waals surface area (Å²) in [6, 6.07) is 14.3. The molecule has 0 radical (unpaired) electrons. The largest absolute Gasteiger partial charge is 0.441 e. The van der Waals surface area contributed by atoms with Crippen LogP contribution in [0.4, 0.5) is 5.69 Å². The van der Waals surface area contributed by atoms with Gasteiger partial charge in [-0.3, -0.25) is 14.2 Å². The van der Waals surface area contributed by atoms with Crippen LogP contribution >= 0.6 is 0 Å². The van der Waals surface area contributed by atoms with E-state index in [0.29, 0.717) is 52.0 Å². The molecule has 1 aliphatic carbocycles. The van der Waals surface area contributed by atoms with Gasteiger partial charge in [-0.05, 0) is 49.9 Å². The van der Waals surface area contributed by atoms with Gasteiger partial charge >= 0.3 is 5.76 Å². The standard InChI is InChI=1S/C27H28N4O5/c1-17-21(15-28-25(33)16-31-22-12-6-7-13-23(22)36-27(31)34)30-26(35-17)19-10-4-5-11-20(19)29-24(32)14-18-8-2-3-9-18/h4-7,10-13,18H,2-3,8-9,14-16H2,1H3,(H,28,33)(H,29,32). The third kappa shape index (κ3) is 5.10. The fourth-order valence-corrected chi connectivity index (χ4v) is 4.71. The van der Waals surface area contributed by atoms with Crippen LogP contribution in [-0.2, 0) is 22.7 Å². The van der Waals surface area contributed by atoms with Crippen LogP contribution < -0.4 is 16.4 Å². The topological polar surface area (TPSA) is 119 Å². The molecule has 2 aromatic carbocycles. The summed E-state index contributed by atoms with van der Waals surface area (Å²) in [5, 5.41) is 5.80. The Morgan fingerprint density at radius 2 is 1.78 bits per heavy atom. The second-order valence-electron chi connectivity index (χ2n) is 9.17. The Balaban J connectivity index is 1.25. The molecule has 1 saturated carbocycles. The number of carbonyl (C=O) groups is 2. The first-order valence-electron chi connectivity index (χ1n) is 12.2. The molecule has 36 heavy (non-hydrogen) atoms. The molecule has 4 aromatic rings. The number of carbonyl (C=O) groups excluding carboxylic acids is 2. The minimum Gasteiger partial charge on any atom is -0.441 e. The molecule has 2 N–H and O–H groups in total. The highest BCUT2D eigenvalue weighted by atomic mass is 16.4. The van der Waals surface area contributed by atoms with Crippen LogP contribution in [0.25, 0.3) is 22.6 Å². The van der Waals surface area contributed by atoms with E-state index in [1.54, 1.807) is 31.2 Å². The van der Waals surface area contributed by atoms with Crippen LogP contribution in [0.15, 0.2) is 62.2 Å². The number of nitrogens with zero attached hydrogens (tertiary/aromatic N) is 2. The van der Waals surface area contributed by atoms with E-state index in [2.05, 4.69) is 15.6 Å². The van der Waals surface area contributed by atoms with Gasteiger partial charge in [0.25, 0.3) is 0 Å². The summed E-state index contributed by atoms with van der Waals surface area (Å²) in [5.74, 6) is 0.429. The van der Waals surface area contributed by atoms with Crippen LogP contribution in [0.5, 0.6) is 0 Å². The molecule has 186 valence electrons. The van der Waals surface area contributed by atoms with Gasteiger partial charge in [-0.15, -0.1) is 0 Å². The van der Waals surface area contributed by atoms with E-state index >= 15 is 0 Å². The molecule has 1 fully saturated rings. The quantitative estimate of drug-likeness (QED) is 0.380. The smallest absolute Gasteiger partial charge is 0.420 e. The fourth-order valence-electron chi connectivity index (χ4n) is 4.71. The summed E-state index contributed by atoms with van der Waals surface area (Å²) in [5.41, 5.74) is 2.87. The lowest BCUT2D eigenvalue weighted by atomic mass is 10.0. The van der Waals surface area contributed by atoms with Crippen molar-refractivity contribution in [1.82, 2.24) is 14.9 Å². The van der Waals surface area contributed by atoms with Gasteiger partial charge < -0.3 is 19.5 Å². The molecule has 2 amide bonds. The number of fused-ring (bicyclic) bond motifs is 1. The zero-order valence-corrected chi connectivity index (χ0v) is 20.1. The Bertz CT molecular complexity index is 1460. The van der Waals surface area contributed by atoms with E-state index in [4.69, 9.17) is 8.83 Å². The molecule has 1 aliphatic rings. The number of anilines is 1. The van der Waals surface area contributed by atoms with Crippen molar-refractivity contribution >= 4 is 28.6 Å². The lowest BCUT2D eigenvalue weighted by Gasteiger charge is -2.11. The van der Waals surface area contributed by atoms with Crippen LogP contribution in [0.2, 0.25) is 0 Å². The second-order valence-corrected chi connectivity index (χ2v) is 9.17. The average molecular weight is 489 g/mol. The number of oxazole rings is 2. The summed E-state index contributed by atoms with van der Waals surface area (Å²) >= 11 is 0. The Kier molecular flexibility index (Phi) is 6.71. The van der Waals surface area contributed by atoms with Gasteiger partial charge in [0.05, 0.1) is 23.3 Å². The number of amides is 2. The summed E-state index contributed by atoms with van der Waals surface area (Å²) in [7, 11) is 0. The molecule has 9 nitrogen and oxygen atoms in total. The first kappa shape index (κ1) is 23.6. The zero-order valence-electron chi connectivity index (χ0n) is 20.1. The van der Waals surface area contributed by atoms with Crippen LogP contribution in [0.3, 0.4) is 0 Å².